The van der Waals surface area contributed by atoms with Crippen LogP contribution in [0.5, 0.6) is 0 Å². The van der Waals surface area contributed by atoms with E-state index in [1.165, 1.54) is 16.8 Å². The molecule has 1 aliphatic rings. The van der Waals surface area contributed by atoms with Crippen LogP contribution in [-0.4, -0.2) is 14.7 Å². The topological polar surface area (TPSA) is 61.0 Å². The molecule has 104 valence electrons. The van der Waals surface area contributed by atoms with Crippen LogP contribution in [0.4, 0.5) is 10.1 Å². The maximum absolute atomic E-state index is 14.0. The number of aryl methyl sites for hydroxylation is 1. The highest BCUT2D eigenvalue weighted by Crippen LogP contribution is 2.31. The molecular weight excluding hydrogens is 285 g/mol. The molecule has 0 spiro atoms. The Morgan fingerprint density at radius 3 is 2.75 bits per heavy atom. The van der Waals surface area contributed by atoms with E-state index >= 15 is 0 Å². The standard InChI is InChI=1S/C13H11ClFN3O2/c14-13-9-3-1-2-4-11(9)16-17(13)12-6-5-8(18(19)20)7-10(12)15/h5-7H,1-4H2. The summed E-state index contributed by atoms with van der Waals surface area (Å²) in [4.78, 5) is 9.98. The van der Waals surface area contributed by atoms with Crippen molar-refractivity contribution in [3.8, 4) is 5.69 Å². The number of rotatable bonds is 2. The van der Waals surface area contributed by atoms with Crippen LogP contribution in [0.15, 0.2) is 18.2 Å². The Morgan fingerprint density at radius 1 is 1.35 bits per heavy atom. The number of hydrogen-bond donors (Lipinski definition) is 0. The second kappa shape index (κ2) is 4.86. The van der Waals surface area contributed by atoms with Gasteiger partial charge in [0.15, 0.2) is 5.82 Å². The molecule has 0 bridgehead atoms. The lowest BCUT2D eigenvalue weighted by atomic mass is 9.99. The van der Waals surface area contributed by atoms with Gasteiger partial charge in [-0.2, -0.15) is 5.10 Å². The van der Waals surface area contributed by atoms with Crippen LogP contribution >= 0.6 is 11.6 Å². The number of hydrogen-bond acceptors (Lipinski definition) is 3. The Kier molecular flexibility index (Phi) is 3.17. The monoisotopic (exact) mass is 295 g/mol. The zero-order chi connectivity index (χ0) is 14.3. The van der Waals surface area contributed by atoms with Crippen LogP contribution in [-0.2, 0) is 12.8 Å². The summed E-state index contributed by atoms with van der Waals surface area (Å²) in [5, 5.41) is 15.3. The predicted molar refractivity (Wildman–Crippen MR) is 71.8 cm³/mol. The molecule has 3 rings (SSSR count). The lowest BCUT2D eigenvalue weighted by Gasteiger charge is -2.08. The van der Waals surface area contributed by atoms with E-state index in [0.717, 1.165) is 43.0 Å². The minimum absolute atomic E-state index is 0.134. The number of nitro benzene ring substituents is 1. The summed E-state index contributed by atoms with van der Waals surface area (Å²) in [7, 11) is 0. The molecule has 5 nitrogen and oxygen atoms in total. The fourth-order valence-electron chi connectivity index (χ4n) is 2.46. The molecule has 20 heavy (non-hydrogen) atoms. The smallest absolute Gasteiger partial charge is 0.258 e. The lowest BCUT2D eigenvalue weighted by Crippen LogP contribution is -2.02. The Labute approximate surface area is 119 Å². The normalized spacial score (nSPS) is 14.1. The predicted octanol–water partition coefficient (Wildman–Crippen LogP) is 3.45. The fourth-order valence-corrected chi connectivity index (χ4v) is 2.79. The molecule has 0 radical (unpaired) electrons. The van der Waals surface area contributed by atoms with Gasteiger partial charge in [-0.05, 0) is 31.7 Å². The van der Waals surface area contributed by atoms with Gasteiger partial charge < -0.3 is 0 Å². The average molecular weight is 296 g/mol. The third-order valence-corrected chi connectivity index (χ3v) is 3.85. The molecule has 1 aromatic heterocycles. The third-order valence-electron chi connectivity index (χ3n) is 3.46. The molecule has 0 saturated heterocycles. The van der Waals surface area contributed by atoms with E-state index in [1.54, 1.807) is 0 Å². The molecule has 0 N–H and O–H groups in total. The first-order valence-electron chi connectivity index (χ1n) is 6.28. The molecule has 1 aromatic carbocycles. The van der Waals surface area contributed by atoms with Gasteiger partial charge >= 0.3 is 0 Å². The molecule has 1 aliphatic carbocycles. The fraction of sp³-hybridized carbons (Fsp3) is 0.308. The molecule has 1 heterocycles. The number of nitrogens with zero attached hydrogens (tertiary/aromatic N) is 3. The van der Waals surface area contributed by atoms with Gasteiger partial charge in [0.1, 0.15) is 10.8 Å². The quantitative estimate of drug-likeness (QED) is 0.630. The summed E-state index contributed by atoms with van der Waals surface area (Å²) in [5.41, 5.74) is 1.68. The highest BCUT2D eigenvalue weighted by atomic mass is 35.5. The van der Waals surface area contributed by atoms with Gasteiger partial charge in [0.05, 0.1) is 16.7 Å². The molecule has 0 amide bonds. The van der Waals surface area contributed by atoms with E-state index in [1.807, 2.05) is 0 Å². The van der Waals surface area contributed by atoms with Crippen LogP contribution in [0.1, 0.15) is 24.1 Å². The van der Waals surface area contributed by atoms with E-state index in [2.05, 4.69) is 5.10 Å². The van der Waals surface area contributed by atoms with Gasteiger partial charge in [0, 0.05) is 11.6 Å². The first-order chi connectivity index (χ1) is 9.58. The molecule has 0 fully saturated rings. The van der Waals surface area contributed by atoms with Crippen molar-refractivity contribution in [3.63, 3.8) is 0 Å². The summed E-state index contributed by atoms with van der Waals surface area (Å²) in [5.74, 6) is -0.707. The van der Waals surface area contributed by atoms with Gasteiger partial charge in [-0.15, -0.1) is 0 Å². The van der Waals surface area contributed by atoms with Crippen LogP contribution in [0, 0.1) is 15.9 Å². The van der Waals surface area contributed by atoms with Crippen molar-refractivity contribution in [1.82, 2.24) is 9.78 Å². The Morgan fingerprint density at radius 2 is 2.10 bits per heavy atom. The summed E-state index contributed by atoms with van der Waals surface area (Å²) in [6.07, 6.45) is 3.75. The van der Waals surface area contributed by atoms with Crippen LogP contribution in [0.2, 0.25) is 5.15 Å². The Bertz CT molecular complexity index is 699. The Hall–Kier alpha value is -1.95. The van der Waals surface area contributed by atoms with Crippen molar-refractivity contribution >= 4 is 17.3 Å². The second-order valence-corrected chi connectivity index (χ2v) is 5.09. The number of nitro groups is 1. The number of benzene rings is 1. The minimum Gasteiger partial charge on any atom is -0.258 e. The van der Waals surface area contributed by atoms with E-state index in [9.17, 15) is 14.5 Å². The van der Waals surface area contributed by atoms with Crippen molar-refractivity contribution in [1.29, 1.82) is 0 Å². The van der Waals surface area contributed by atoms with Crippen LogP contribution < -0.4 is 0 Å². The number of non-ortho nitro benzene ring substituents is 1. The summed E-state index contributed by atoms with van der Waals surface area (Å²) >= 11 is 6.25. The molecule has 0 atom stereocenters. The molecule has 7 heteroatoms. The van der Waals surface area contributed by atoms with E-state index in [0.29, 0.717) is 5.15 Å². The Balaban J connectivity index is 2.09. The van der Waals surface area contributed by atoms with E-state index in [-0.39, 0.29) is 11.4 Å². The highest BCUT2D eigenvalue weighted by Gasteiger charge is 2.22. The maximum atomic E-state index is 14.0. The van der Waals surface area contributed by atoms with Crippen LogP contribution in [0.25, 0.3) is 5.69 Å². The lowest BCUT2D eigenvalue weighted by molar-refractivity contribution is -0.385. The van der Waals surface area contributed by atoms with Gasteiger partial charge in [-0.3, -0.25) is 10.1 Å². The first kappa shape index (κ1) is 13.1. The first-order valence-corrected chi connectivity index (χ1v) is 6.66. The molecule has 0 saturated carbocycles. The zero-order valence-electron chi connectivity index (χ0n) is 10.5. The number of halogens is 2. The van der Waals surface area contributed by atoms with Crippen molar-refractivity contribution < 1.29 is 9.31 Å². The number of aromatic nitrogens is 2. The van der Waals surface area contributed by atoms with E-state index < -0.39 is 10.7 Å². The van der Waals surface area contributed by atoms with Crippen molar-refractivity contribution in [3.05, 3.63) is 50.5 Å². The molecular formula is C13H11ClFN3O2. The van der Waals surface area contributed by atoms with Crippen LogP contribution in [0.3, 0.4) is 0 Å². The third kappa shape index (κ3) is 2.06. The van der Waals surface area contributed by atoms with Crippen molar-refractivity contribution in [2.45, 2.75) is 25.7 Å². The maximum Gasteiger partial charge on any atom is 0.272 e. The second-order valence-electron chi connectivity index (χ2n) is 4.73. The van der Waals surface area contributed by atoms with Crippen molar-refractivity contribution in [2.24, 2.45) is 0 Å². The highest BCUT2D eigenvalue weighted by molar-refractivity contribution is 6.30. The molecule has 2 aromatic rings. The zero-order valence-corrected chi connectivity index (χ0v) is 11.2. The molecule has 0 unspecified atom stereocenters. The largest absolute Gasteiger partial charge is 0.272 e. The average Bonchev–Trinajstić information content (AvgIpc) is 2.76. The van der Waals surface area contributed by atoms with E-state index in [4.69, 9.17) is 11.6 Å². The van der Waals surface area contributed by atoms with Gasteiger partial charge in [0.25, 0.3) is 5.69 Å². The summed E-state index contributed by atoms with van der Waals surface area (Å²) in [6, 6.07) is 3.46. The van der Waals surface area contributed by atoms with Gasteiger partial charge in [-0.25, -0.2) is 9.07 Å². The summed E-state index contributed by atoms with van der Waals surface area (Å²) in [6.45, 7) is 0. The van der Waals surface area contributed by atoms with Gasteiger partial charge in [-0.1, -0.05) is 11.6 Å². The molecule has 0 aliphatic heterocycles. The SMILES string of the molecule is O=[N+]([O-])c1ccc(-n2nc3c(c2Cl)CCCC3)c(F)c1. The van der Waals surface area contributed by atoms with Crippen molar-refractivity contribution in [2.75, 3.05) is 0 Å². The number of fused-ring (bicyclic) bond motifs is 1. The van der Waals surface area contributed by atoms with Gasteiger partial charge in [0.2, 0.25) is 0 Å². The summed E-state index contributed by atoms with van der Waals surface area (Å²) < 4.78 is 15.3. The minimum atomic E-state index is -0.707.